The lowest BCUT2D eigenvalue weighted by Gasteiger charge is -2.15. The van der Waals surface area contributed by atoms with E-state index in [-0.39, 0.29) is 5.78 Å². The SMILES string of the molecule is COc1cccc(OC)c1-n1c(/C=C/C(C)=O)nnc1-c1ccc(C)o1. The number of hydrogen-bond donors (Lipinski definition) is 0. The summed E-state index contributed by atoms with van der Waals surface area (Å²) >= 11 is 0. The predicted molar refractivity (Wildman–Crippen MR) is 96.6 cm³/mol. The number of hydrogen-bond acceptors (Lipinski definition) is 6. The van der Waals surface area contributed by atoms with Crippen LogP contribution >= 0.6 is 0 Å². The molecular formula is C19H19N3O4. The largest absolute Gasteiger partial charge is 0.494 e. The van der Waals surface area contributed by atoms with Gasteiger partial charge in [-0.25, -0.2) is 0 Å². The predicted octanol–water partition coefficient (Wildman–Crippen LogP) is 3.46. The number of carbonyl (C=O) groups excluding carboxylic acids is 1. The molecule has 0 atom stereocenters. The molecule has 0 unspecified atom stereocenters. The fraction of sp³-hybridized carbons (Fsp3) is 0.211. The topological polar surface area (TPSA) is 79.4 Å². The van der Waals surface area contributed by atoms with Crippen molar-refractivity contribution in [3.63, 3.8) is 0 Å². The second-order valence-corrected chi connectivity index (χ2v) is 5.58. The molecule has 2 heterocycles. The van der Waals surface area contributed by atoms with Gasteiger partial charge >= 0.3 is 0 Å². The summed E-state index contributed by atoms with van der Waals surface area (Å²) in [7, 11) is 3.15. The Kier molecular flexibility index (Phi) is 4.88. The summed E-state index contributed by atoms with van der Waals surface area (Å²) in [5, 5.41) is 8.45. The Balaban J connectivity index is 2.31. The minimum absolute atomic E-state index is 0.0954. The molecule has 3 rings (SSSR count). The molecule has 7 heteroatoms. The van der Waals surface area contributed by atoms with Crippen LogP contribution in [0.5, 0.6) is 11.5 Å². The van der Waals surface area contributed by atoms with Crippen molar-refractivity contribution in [1.29, 1.82) is 0 Å². The van der Waals surface area contributed by atoms with Gasteiger partial charge in [-0.2, -0.15) is 0 Å². The molecule has 0 aliphatic rings. The molecule has 0 saturated carbocycles. The lowest BCUT2D eigenvalue weighted by Crippen LogP contribution is -2.05. The Labute approximate surface area is 150 Å². The first kappa shape index (κ1) is 17.5. The quantitative estimate of drug-likeness (QED) is 0.632. The Morgan fingerprint density at radius 1 is 1.12 bits per heavy atom. The molecule has 2 aromatic heterocycles. The molecule has 0 fully saturated rings. The van der Waals surface area contributed by atoms with E-state index in [9.17, 15) is 4.79 Å². The van der Waals surface area contributed by atoms with Gasteiger partial charge in [0.15, 0.2) is 17.4 Å². The van der Waals surface area contributed by atoms with Crippen LogP contribution in [0.3, 0.4) is 0 Å². The summed E-state index contributed by atoms with van der Waals surface area (Å²) in [6.07, 6.45) is 3.03. The van der Waals surface area contributed by atoms with Gasteiger partial charge in [0.05, 0.1) is 14.2 Å². The number of furan rings is 1. The lowest BCUT2D eigenvalue weighted by molar-refractivity contribution is -0.112. The number of carbonyl (C=O) groups is 1. The summed E-state index contributed by atoms with van der Waals surface area (Å²) in [5.41, 5.74) is 0.620. The van der Waals surface area contributed by atoms with Crippen molar-refractivity contribution in [2.75, 3.05) is 14.2 Å². The molecule has 0 spiro atoms. The maximum atomic E-state index is 11.4. The molecule has 0 radical (unpaired) electrons. The van der Waals surface area contributed by atoms with E-state index in [2.05, 4.69) is 10.2 Å². The van der Waals surface area contributed by atoms with Crippen LogP contribution < -0.4 is 9.47 Å². The normalized spacial score (nSPS) is 11.1. The maximum absolute atomic E-state index is 11.4. The highest BCUT2D eigenvalue weighted by Crippen LogP contribution is 2.36. The summed E-state index contributed by atoms with van der Waals surface area (Å²) in [4.78, 5) is 11.4. The monoisotopic (exact) mass is 353 g/mol. The van der Waals surface area contributed by atoms with Crippen molar-refractivity contribution in [3.8, 4) is 28.8 Å². The molecule has 0 aliphatic carbocycles. The van der Waals surface area contributed by atoms with Gasteiger partial charge in [0.1, 0.15) is 22.9 Å². The van der Waals surface area contributed by atoms with E-state index in [4.69, 9.17) is 13.9 Å². The molecule has 26 heavy (non-hydrogen) atoms. The first-order valence-corrected chi connectivity index (χ1v) is 7.97. The zero-order chi connectivity index (χ0) is 18.7. The number of aryl methyl sites for hydroxylation is 1. The zero-order valence-corrected chi connectivity index (χ0v) is 15.0. The van der Waals surface area contributed by atoms with E-state index in [1.54, 1.807) is 24.9 Å². The summed E-state index contributed by atoms with van der Waals surface area (Å²) < 4.78 is 18.5. The summed E-state index contributed by atoms with van der Waals surface area (Å²) in [6.45, 7) is 3.32. The average Bonchev–Trinajstić information content (AvgIpc) is 3.24. The molecule has 0 aliphatic heterocycles. The number of nitrogens with zero attached hydrogens (tertiary/aromatic N) is 3. The first-order chi connectivity index (χ1) is 12.5. The highest BCUT2D eigenvalue weighted by molar-refractivity contribution is 5.91. The van der Waals surface area contributed by atoms with Crippen LogP contribution in [0.25, 0.3) is 23.3 Å². The number of ether oxygens (including phenoxy) is 2. The van der Waals surface area contributed by atoms with Crippen LogP contribution in [0, 0.1) is 6.92 Å². The summed E-state index contributed by atoms with van der Waals surface area (Å²) in [5.74, 6) is 3.28. The number of rotatable bonds is 6. The van der Waals surface area contributed by atoms with Gasteiger partial charge in [0.25, 0.3) is 0 Å². The van der Waals surface area contributed by atoms with E-state index in [1.165, 1.54) is 13.0 Å². The number of ketones is 1. The average molecular weight is 353 g/mol. The standard InChI is InChI=1S/C19H19N3O4/c1-12(23)8-11-17-20-21-19(16-10-9-13(2)26-16)22(17)18-14(24-3)6-5-7-15(18)25-4/h5-11H,1-4H3/b11-8+. The van der Waals surface area contributed by atoms with Gasteiger partial charge < -0.3 is 13.9 Å². The lowest BCUT2D eigenvalue weighted by atomic mass is 10.2. The van der Waals surface area contributed by atoms with Gasteiger partial charge in [-0.3, -0.25) is 9.36 Å². The zero-order valence-electron chi connectivity index (χ0n) is 15.0. The molecule has 0 bridgehead atoms. The molecule has 3 aromatic rings. The van der Waals surface area contributed by atoms with Crippen LogP contribution in [0.15, 0.2) is 40.8 Å². The fourth-order valence-electron chi connectivity index (χ4n) is 2.58. The molecule has 134 valence electrons. The maximum Gasteiger partial charge on any atom is 0.204 e. The number of benzene rings is 1. The minimum atomic E-state index is -0.0954. The third-order valence-corrected chi connectivity index (χ3v) is 3.74. The van der Waals surface area contributed by atoms with E-state index in [0.29, 0.717) is 34.6 Å². The number of methoxy groups -OCH3 is 2. The molecule has 0 saturated heterocycles. The van der Waals surface area contributed by atoms with E-state index in [0.717, 1.165) is 5.76 Å². The van der Waals surface area contributed by atoms with Crippen molar-refractivity contribution in [3.05, 3.63) is 48.0 Å². The van der Waals surface area contributed by atoms with Crippen molar-refractivity contribution in [1.82, 2.24) is 14.8 Å². The second kappa shape index (κ2) is 7.26. The van der Waals surface area contributed by atoms with E-state index in [1.807, 2.05) is 37.3 Å². The van der Waals surface area contributed by atoms with Gasteiger partial charge in [0, 0.05) is 0 Å². The molecular weight excluding hydrogens is 334 g/mol. The smallest absolute Gasteiger partial charge is 0.204 e. The Morgan fingerprint density at radius 3 is 2.35 bits per heavy atom. The Morgan fingerprint density at radius 2 is 1.81 bits per heavy atom. The van der Waals surface area contributed by atoms with Gasteiger partial charge in [-0.15, -0.1) is 10.2 Å². The third-order valence-electron chi connectivity index (χ3n) is 3.74. The van der Waals surface area contributed by atoms with Crippen LogP contribution in [-0.4, -0.2) is 34.8 Å². The first-order valence-electron chi connectivity index (χ1n) is 7.97. The van der Waals surface area contributed by atoms with Crippen LogP contribution in [-0.2, 0) is 4.79 Å². The van der Waals surface area contributed by atoms with Gasteiger partial charge in [-0.1, -0.05) is 6.07 Å². The van der Waals surface area contributed by atoms with Gasteiger partial charge in [0.2, 0.25) is 5.82 Å². The van der Waals surface area contributed by atoms with Crippen LogP contribution in [0.4, 0.5) is 0 Å². The minimum Gasteiger partial charge on any atom is -0.494 e. The highest BCUT2D eigenvalue weighted by Gasteiger charge is 2.22. The second-order valence-electron chi connectivity index (χ2n) is 5.58. The number of aromatic nitrogens is 3. The van der Waals surface area contributed by atoms with Crippen molar-refractivity contribution >= 4 is 11.9 Å². The van der Waals surface area contributed by atoms with E-state index < -0.39 is 0 Å². The van der Waals surface area contributed by atoms with E-state index >= 15 is 0 Å². The number of para-hydroxylation sites is 1. The van der Waals surface area contributed by atoms with Gasteiger partial charge in [-0.05, 0) is 50.3 Å². The molecule has 7 nitrogen and oxygen atoms in total. The van der Waals surface area contributed by atoms with Crippen molar-refractivity contribution in [2.24, 2.45) is 0 Å². The van der Waals surface area contributed by atoms with Crippen molar-refractivity contribution < 1.29 is 18.7 Å². The summed E-state index contributed by atoms with van der Waals surface area (Å²) in [6, 6.07) is 9.11. The fourth-order valence-corrected chi connectivity index (χ4v) is 2.58. The van der Waals surface area contributed by atoms with Crippen LogP contribution in [0.2, 0.25) is 0 Å². The van der Waals surface area contributed by atoms with Crippen LogP contribution in [0.1, 0.15) is 18.5 Å². The molecule has 0 amide bonds. The van der Waals surface area contributed by atoms with Crippen molar-refractivity contribution in [2.45, 2.75) is 13.8 Å². The highest BCUT2D eigenvalue weighted by atomic mass is 16.5. The molecule has 0 N–H and O–H groups in total. The number of allylic oxidation sites excluding steroid dienone is 1. The third kappa shape index (κ3) is 3.23. The Hall–Kier alpha value is -3.35. The molecule has 1 aromatic carbocycles. The Bertz CT molecular complexity index is 947.